The molecule has 2 radical (unpaired) electrons. The molecule has 0 amide bonds. The van der Waals surface area contributed by atoms with Gasteiger partial charge in [-0.3, -0.25) is 0 Å². The van der Waals surface area contributed by atoms with Crippen LogP contribution in [0.3, 0.4) is 0 Å². The normalized spacial score (nSPS) is 10.9. The molecule has 70 valence electrons. The molecule has 0 aromatic rings. The Kier molecular flexibility index (Phi) is 8.94. The molecule has 0 saturated carbocycles. The minimum atomic E-state index is -6.00. The van der Waals surface area contributed by atoms with Crippen LogP contribution in [-0.4, -0.2) is 31.6 Å². The van der Waals surface area contributed by atoms with Gasteiger partial charge in [0.1, 0.15) is 0 Å². The zero-order valence-electron chi connectivity index (χ0n) is 4.68. The van der Waals surface area contributed by atoms with E-state index in [-0.39, 0.29) is 17.1 Å². The molecular weight excluding hydrogens is 253 g/mol. The summed E-state index contributed by atoms with van der Waals surface area (Å²) in [6.07, 6.45) is 0. The zero-order valence-corrected chi connectivity index (χ0v) is 6.78. The molecule has 0 N–H and O–H groups in total. The van der Waals surface area contributed by atoms with Crippen LogP contribution in [0, 0.1) is 0 Å². The summed E-state index contributed by atoms with van der Waals surface area (Å²) in [5.74, 6) is 0. The van der Waals surface area contributed by atoms with Crippen molar-refractivity contribution in [2.24, 2.45) is 0 Å². The summed E-state index contributed by atoms with van der Waals surface area (Å²) in [6.45, 7) is 0. The molecule has 0 atom stereocenters. The Balaban J connectivity index is -0.000000107. The van der Waals surface area contributed by atoms with Crippen molar-refractivity contribution < 1.29 is 34.5 Å². The number of hydrogen-bond acceptors (Lipinski definition) is 0. The van der Waals surface area contributed by atoms with Crippen molar-refractivity contribution in [1.29, 1.82) is 0 Å². The number of rotatable bonds is 0. The Labute approximate surface area is 67.0 Å². The Bertz CT molecular complexity index is 55.1. The van der Waals surface area contributed by atoms with Gasteiger partial charge in [-0.2, -0.15) is 0 Å². The molecule has 0 aliphatic heterocycles. The molecule has 0 aliphatic carbocycles. The predicted molar refractivity (Wildman–Crippen MR) is 28.9 cm³/mol. The third kappa shape index (κ3) is 82700. The van der Waals surface area contributed by atoms with Gasteiger partial charge in [0, 0.05) is 0 Å². The Hall–Kier alpha value is 0.0894. The molecule has 0 rings (SSSR count). The van der Waals surface area contributed by atoms with Crippen LogP contribution in [0.15, 0.2) is 0 Å². The first-order valence-electron chi connectivity index (χ1n) is 1.75. The van der Waals surface area contributed by atoms with Gasteiger partial charge < -0.3 is 34.5 Å². The van der Waals surface area contributed by atoms with E-state index in [0.717, 1.165) is 0 Å². The van der Waals surface area contributed by atoms with Crippen LogP contribution in [0.2, 0.25) is 0 Å². The molecule has 0 aromatic carbocycles. The molecule has 0 saturated heterocycles. The average molecular weight is 255 g/mol. The monoisotopic (exact) mass is 256 g/mol. The van der Waals surface area contributed by atoms with Gasteiger partial charge in [-0.1, -0.05) is 0 Å². The van der Waals surface area contributed by atoms with E-state index in [9.17, 15) is 34.5 Å². The maximum absolute atomic E-state index is 9.75. The molecule has 0 aromatic heterocycles. The van der Waals surface area contributed by atoms with Gasteiger partial charge in [0.05, 0.1) is 0 Å². The van der Waals surface area contributed by atoms with E-state index >= 15 is 0 Å². The molecule has 0 unspecified atom stereocenters. The predicted octanol–water partition coefficient (Wildman–Crippen LogP) is 1.68. The second-order valence-electron chi connectivity index (χ2n) is 0.990. The number of hydrogen-bond donors (Lipinski definition) is 0. The zero-order chi connectivity index (χ0) is 9.00. The fourth-order valence-electron chi connectivity index (χ4n) is 0. The topological polar surface area (TPSA) is 0 Å². The average Bonchev–Trinajstić information content (AvgIpc) is 1.12. The molecule has 0 heterocycles. The first-order valence-corrected chi connectivity index (χ1v) is 1.75. The Morgan fingerprint density at radius 2 is 0.455 bits per heavy atom. The fraction of sp³-hybridized carbons (Fsp3) is 0. The summed E-state index contributed by atoms with van der Waals surface area (Å²) in [6, 6.07) is 0. The summed E-state index contributed by atoms with van der Waals surface area (Å²) in [7, 11) is -12.0. The van der Waals surface area contributed by atoms with Crippen molar-refractivity contribution in [1.82, 2.24) is 0 Å². The third-order valence-corrected chi connectivity index (χ3v) is 0. The van der Waals surface area contributed by atoms with Crippen LogP contribution in [-0.2, 0) is 0 Å². The molecule has 0 nitrogen and oxygen atoms in total. The second kappa shape index (κ2) is 5.70. The van der Waals surface area contributed by atoms with Crippen LogP contribution < -0.4 is 0 Å². The van der Waals surface area contributed by atoms with Gasteiger partial charge in [0.25, 0.3) is 0 Å². The van der Waals surface area contributed by atoms with Gasteiger partial charge in [-0.25, -0.2) is 0 Å². The van der Waals surface area contributed by atoms with E-state index < -0.39 is 14.5 Å². The van der Waals surface area contributed by atoms with E-state index in [1.165, 1.54) is 0 Å². The van der Waals surface area contributed by atoms with Crippen molar-refractivity contribution >= 4 is 31.6 Å². The molecule has 0 fully saturated rings. The summed E-state index contributed by atoms with van der Waals surface area (Å²) in [5.41, 5.74) is 0. The van der Waals surface area contributed by atoms with E-state index in [4.69, 9.17) is 0 Å². The van der Waals surface area contributed by atoms with E-state index in [1.54, 1.807) is 0 Å². The van der Waals surface area contributed by atoms with Crippen molar-refractivity contribution in [2.45, 2.75) is 0 Å². The quantitative estimate of drug-likeness (QED) is 0.456. The minimum absolute atomic E-state index is 0. The van der Waals surface area contributed by atoms with Crippen molar-refractivity contribution in [2.75, 3.05) is 0 Å². The fourth-order valence-corrected chi connectivity index (χ4v) is 0. The maximum atomic E-state index is 9.75. The van der Waals surface area contributed by atoms with Crippen LogP contribution in [0.25, 0.3) is 0 Å². The van der Waals surface area contributed by atoms with Crippen LogP contribution in [0.1, 0.15) is 0 Å². The Morgan fingerprint density at radius 1 is 0.455 bits per heavy atom. The molecule has 0 spiro atoms. The van der Waals surface area contributed by atoms with Crippen molar-refractivity contribution in [3.05, 3.63) is 0 Å². The number of halogens is 8. The van der Waals surface area contributed by atoms with Gasteiger partial charge in [0.15, 0.2) is 0 Å². The van der Waals surface area contributed by atoms with Crippen LogP contribution in [0.5, 0.6) is 0 Å². The summed E-state index contributed by atoms with van der Waals surface area (Å²) in [4.78, 5) is 0. The van der Waals surface area contributed by atoms with Gasteiger partial charge in [-0.05, 0) is 0 Å². The van der Waals surface area contributed by atoms with E-state index in [1.807, 2.05) is 0 Å². The van der Waals surface area contributed by atoms with Gasteiger partial charge >= 0.3 is 31.6 Å². The third-order valence-electron chi connectivity index (χ3n) is 0. The van der Waals surface area contributed by atoms with Crippen molar-refractivity contribution in [3.63, 3.8) is 0 Å². The molecule has 0 bridgehead atoms. The van der Waals surface area contributed by atoms with Crippen molar-refractivity contribution in [3.8, 4) is 0 Å². The van der Waals surface area contributed by atoms with Gasteiger partial charge in [-0.15, -0.1) is 0 Å². The molecule has 11 heavy (non-hydrogen) atoms. The van der Waals surface area contributed by atoms with Gasteiger partial charge in [0.2, 0.25) is 0 Å². The SMILES string of the molecule is F[B-](F)(F)F.F[B-](F)(F)F.[SeH2+2]. The summed E-state index contributed by atoms with van der Waals surface area (Å²) < 4.78 is 78.0. The first kappa shape index (κ1) is 17.3. The first-order chi connectivity index (χ1) is 4.00. The summed E-state index contributed by atoms with van der Waals surface area (Å²) >= 11 is 0. The second-order valence-corrected chi connectivity index (χ2v) is 0.990. The van der Waals surface area contributed by atoms with Crippen LogP contribution >= 0.6 is 0 Å². The van der Waals surface area contributed by atoms with Crippen LogP contribution in [0.4, 0.5) is 34.5 Å². The molecule has 11 heteroatoms. The molecular formula is H2B2F8Se. The summed E-state index contributed by atoms with van der Waals surface area (Å²) in [5, 5.41) is 0. The molecule has 0 aliphatic rings. The van der Waals surface area contributed by atoms with E-state index in [0.29, 0.717) is 0 Å². The standard InChI is InChI=1S/2BF4.H2Se/c2*2-1(3,4)5;/h;;1H2/q2*-1;+2. The Morgan fingerprint density at radius 3 is 0.455 bits per heavy atom. The van der Waals surface area contributed by atoms with E-state index in [2.05, 4.69) is 0 Å².